The van der Waals surface area contributed by atoms with Crippen LogP contribution in [0.2, 0.25) is 0 Å². The Balaban J connectivity index is 0.796. The van der Waals surface area contributed by atoms with E-state index in [9.17, 15) is 0 Å². The molecule has 6 aromatic rings. The van der Waals surface area contributed by atoms with Gasteiger partial charge in [-0.3, -0.25) is 0 Å². The van der Waals surface area contributed by atoms with E-state index in [-0.39, 0.29) is 16.2 Å². The predicted molar refractivity (Wildman–Crippen MR) is 268 cm³/mol. The van der Waals surface area contributed by atoms with E-state index in [2.05, 4.69) is 226 Å². The van der Waals surface area contributed by atoms with Crippen molar-refractivity contribution in [1.82, 2.24) is 0 Å². The number of hydrogen-bond donors (Lipinski definition) is 0. The highest BCUT2D eigenvalue weighted by atomic mass is 32.2. The minimum Gasteiger partial charge on any atom is -0.364 e. The Kier molecular flexibility index (Phi) is 8.73. The molecule has 0 radical (unpaired) electrons. The summed E-state index contributed by atoms with van der Waals surface area (Å²) in [5.74, 6) is 0.949. The Morgan fingerprint density at radius 2 is 1.25 bits per heavy atom. The van der Waals surface area contributed by atoms with Gasteiger partial charge in [-0.25, -0.2) is 0 Å². The normalized spacial score (nSPS) is 24.0. The molecule has 4 aliphatic carbocycles. The van der Waals surface area contributed by atoms with Crippen molar-refractivity contribution >= 4 is 52.2 Å². The first-order valence-electron chi connectivity index (χ1n) is 23.0. The molecule has 63 heavy (non-hydrogen) atoms. The second-order valence-corrected chi connectivity index (χ2v) is 21.0. The van der Waals surface area contributed by atoms with E-state index in [4.69, 9.17) is 0 Å². The zero-order chi connectivity index (χ0) is 42.7. The molecule has 4 atom stereocenters. The molecule has 6 aromatic carbocycles. The minimum atomic E-state index is -0.0711. The van der Waals surface area contributed by atoms with Gasteiger partial charge in [0.2, 0.25) is 0 Å². The van der Waals surface area contributed by atoms with Crippen molar-refractivity contribution < 1.29 is 0 Å². The molecule has 6 aliphatic rings. The summed E-state index contributed by atoms with van der Waals surface area (Å²) < 4.78 is 0. The smallest absolute Gasteiger partial charge is 0.0601 e. The Morgan fingerprint density at radius 1 is 0.619 bits per heavy atom. The Hall–Kier alpha value is -6.03. The third kappa shape index (κ3) is 5.99. The molecule has 1 saturated heterocycles. The Labute approximate surface area is 378 Å². The van der Waals surface area contributed by atoms with Crippen LogP contribution in [-0.4, -0.2) is 12.6 Å². The zero-order valence-corrected chi connectivity index (χ0v) is 37.8. The minimum absolute atomic E-state index is 0.0376. The van der Waals surface area contributed by atoms with Gasteiger partial charge in [-0.05, 0) is 128 Å². The summed E-state index contributed by atoms with van der Waals surface area (Å²) in [6, 6.07) is 48.7. The van der Waals surface area contributed by atoms with Gasteiger partial charge in [-0.15, -0.1) is 0 Å². The lowest BCUT2D eigenvalue weighted by molar-refractivity contribution is 0.325. The van der Waals surface area contributed by atoms with E-state index in [1.807, 2.05) is 11.8 Å². The van der Waals surface area contributed by atoms with E-state index in [0.29, 0.717) is 17.9 Å². The van der Waals surface area contributed by atoms with Gasteiger partial charge in [0, 0.05) is 44.5 Å². The average molecular weight is 835 g/mol. The largest absolute Gasteiger partial charge is 0.364 e. The molecule has 310 valence electrons. The van der Waals surface area contributed by atoms with Crippen molar-refractivity contribution in [2.75, 3.05) is 16.3 Å². The number of anilines is 4. The molecule has 12 rings (SSSR count). The molecule has 0 aromatic heterocycles. The topological polar surface area (TPSA) is 6.48 Å². The predicted octanol–water partition coefficient (Wildman–Crippen LogP) is 15.6. The fraction of sp³-hybridized carbons (Fsp3) is 0.233. The van der Waals surface area contributed by atoms with Crippen LogP contribution in [0.3, 0.4) is 0 Å². The molecule has 3 heteroatoms. The van der Waals surface area contributed by atoms with Gasteiger partial charge >= 0.3 is 0 Å². The summed E-state index contributed by atoms with van der Waals surface area (Å²) in [6.07, 6.45) is 23.9. The van der Waals surface area contributed by atoms with E-state index in [1.165, 1.54) is 101 Å². The monoisotopic (exact) mass is 834 g/mol. The van der Waals surface area contributed by atoms with Crippen LogP contribution in [0.4, 0.5) is 22.7 Å². The number of piperidine rings is 1. The summed E-state index contributed by atoms with van der Waals surface area (Å²) in [4.78, 5) is 7.62. The highest BCUT2D eigenvalue weighted by Gasteiger charge is 2.52. The number of benzene rings is 6. The van der Waals surface area contributed by atoms with Crippen molar-refractivity contribution in [2.45, 2.75) is 79.5 Å². The van der Waals surface area contributed by atoms with E-state index < -0.39 is 0 Å². The summed E-state index contributed by atoms with van der Waals surface area (Å²) >= 11 is 1.85. The highest BCUT2D eigenvalue weighted by molar-refractivity contribution is 7.99. The standard InChI is InChI=1S/C60H54N2S/c1-58(2)49-35-39(22-29-46(49)47-30-28-45(38-50(47)58)61-34-12-14-42-13-6-7-15-52(42)61)20-21-40-23-31-48-51(36-40)59(3,4)57-37-43(32-33-60(48,57)5)41-24-26-44(27-25-41)62-53-16-8-10-18-55(53)63-56-19-11-9-17-54(56)62/h6-11,13,15-33,35-38,42,52,57H,12,14,34H2,1-5H3. The molecule has 0 amide bonds. The van der Waals surface area contributed by atoms with Crippen LogP contribution in [-0.2, 0) is 16.2 Å². The summed E-state index contributed by atoms with van der Waals surface area (Å²) in [5.41, 5.74) is 18.4. The van der Waals surface area contributed by atoms with Crippen molar-refractivity contribution in [3.05, 3.63) is 209 Å². The third-order valence-corrected chi connectivity index (χ3v) is 16.7. The first-order chi connectivity index (χ1) is 30.6. The third-order valence-electron chi connectivity index (χ3n) is 15.6. The molecule has 4 unspecified atom stereocenters. The second-order valence-electron chi connectivity index (χ2n) is 19.9. The first-order valence-corrected chi connectivity index (χ1v) is 23.8. The quantitative estimate of drug-likeness (QED) is 0.160. The lowest BCUT2D eigenvalue weighted by Gasteiger charge is -2.41. The molecule has 2 heterocycles. The number of fused-ring (bicyclic) bond motifs is 9. The number of rotatable bonds is 5. The molecular formula is C60H54N2S. The van der Waals surface area contributed by atoms with Gasteiger partial charge < -0.3 is 9.80 Å². The van der Waals surface area contributed by atoms with E-state index in [0.717, 1.165) is 6.54 Å². The van der Waals surface area contributed by atoms with Gasteiger partial charge in [0.15, 0.2) is 0 Å². The molecule has 0 spiro atoms. The maximum absolute atomic E-state index is 2.65. The fourth-order valence-corrected chi connectivity index (χ4v) is 13.3. The maximum atomic E-state index is 2.65. The number of allylic oxidation sites excluding steroid dienone is 6. The van der Waals surface area contributed by atoms with Crippen LogP contribution in [0.15, 0.2) is 180 Å². The number of para-hydroxylation sites is 2. The molecule has 0 saturated carbocycles. The molecular weight excluding hydrogens is 781 g/mol. The van der Waals surface area contributed by atoms with Crippen molar-refractivity contribution in [2.24, 2.45) is 11.8 Å². The molecule has 0 bridgehead atoms. The van der Waals surface area contributed by atoms with Crippen molar-refractivity contribution in [3.8, 4) is 11.1 Å². The van der Waals surface area contributed by atoms with Crippen molar-refractivity contribution in [1.29, 1.82) is 0 Å². The van der Waals surface area contributed by atoms with Gasteiger partial charge in [0.1, 0.15) is 0 Å². The van der Waals surface area contributed by atoms with Gasteiger partial charge in [-0.2, -0.15) is 0 Å². The van der Waals surface area contributed by atoms with Crippen LogP contribution >= 0.6 is 11.8 Å². The van der Waals surface area contributed by atoms with Gasteiger partial charge in [0.05, 0.1) is 17.4 Å². The van der Waals surface area contributed by atoms with Gasteiger partial charge in [-0.1, -0.05) is 180 Å². The van der Waals surface area contributed by atoms with E-state index in [1.54, 1.807) is 0 Å². The summed E-state index contributed by atoms with van der Waals surface area (Å²) in [6.45, 7) is 13.3. The Morgan fingerprint density at radius 3 is 2.00 bits per heavy atom. The molecule has 0 N–H and O–H groups in total. The number of hydrogen-bond acceptors (Lipinski definition) is 3. The maximum Gasteiger partial charge on any atom is 0.0601 e. The van der Waals surface area contributed by atoms with Gasteiger partial charge in [0.25, 0.3) is 0 Å². The fourth-order valence-electron chi connectivity index (χ4n) is 12.2. The molecule has 2 aliphatic heterocycles. The molecule has 2 nitrogen and oxygen atoms in total. The SMILES string of the molecule is CC1(C)c2cc(C=Cc3ccc4c(c3)C(C)(C)C3C=C(c5ccc(N6c7ccccc7Sc7ccccc76)cc5)C=CC43C)ccc2-c2ccc(N3CCCC4C=CC=CC43)cc21. The van der Waals surface area contributed by atoms with Crippen LogP contribution in [0, 0.1) is 11.8 Å². The van der Waals surface area contributed by atoms with Crippen LogP contribution in [0.25, 0.3) is 28.9 Å². The molecule has 1 fully saturated rings. The number of nitrogens with zero attached hydrogens (tertiary/aromatic N) is 2. The lowest BCUT2D eigenvalue weighted by atomic mass is 9.66. The second kappa shape index (κ2) is 14.2. The van der Waals surface area contributed by atoms with Crippen LogP contribution in [0.5, 0.6) is 0 Å². The van der Waals surface area contributed by atoms with E-state index >= 15 is 0 Å². The van der Waals surface area contributed by atoms with Crippen molar-refractivity contribution in [3.63, 3.8) is 0 Å². The van der Waals surface area contributed by atoms with Crippen LogP contribution in [0.1, 0.15) is 86.4 Å². The summed E-state index contributed by atoms with van der Waals surface area (Å²) in [7, 11) is 0. The summed E-state index contributed by atoms with van der Waals surface area (Å²) in [5, 5.41) is 0. The lowest BCUT2D eigenvalue weighted by Crippen LogP contribution is -2.44. The van der Waals surface area contributed by atoms with Crippen LogP contribution < -0.4 is 9.80 Å². The average Bonchev–Trinajstić information content (AvgIpc) is 3.64. The zero-order valence-electron chi connectivity index (χ0n) is 37.0. The first kappa shape index (κ1) is 38.6. The Bertz CT molecular complexity index is 2960. The highest BCUT2D eigenvalue weighted by Crippen LogP contribution is 2.58.